The molecule has 1 heterocycles. The van der Waals surface area contributed by atoms with Gasteiger partial charge in [-0.1, -0.05) is 11.6 Å². The molecule has 0 bridgehead atoms. The summed E-state index contributed by atoms with van der Waals surface area (Å²) in [5, 5.41) is 9.52. The van der Waals surface area contributed by atoms with E-state index in [4.69, 9.17) is 20.8 Å². The van der Waals surface area contributed by atoms with Gasteiger partial charge < -0.3 is 14.3 Å². The van der Waals surface area contributed by atoms with E-state index in [-0.39, 0.29) is 12.3 Å². The fourth-order valence-electron chi connectivity index (χ4n) is 2.63. The second-order valence-corrected chi connectivity index (χ2v) is 9.90. The Bertz CT molecular complexity index is 1070. The first kappa shape index (κ1) is 26.0. The van der Waals surface area contributed by atoms with E-state index < -0.39 is 55.2 Å². The Morgan fingerprint density at radius 1 is 1.31 bits per heavy atom. The predicted octanol–water partition coefficient (Wildman–Crippen LogP) is 4.38. The minimum atomic E-state index is -5.17. The molecule has 0 saturated heterocycles. The monoisotopic (exact) mass is 498 g/mol. The van der Waals surface area contributed by atoms with Gasteiger partial charge in [0.15, 0.2) is 6.10 Å². The molecule has 0 radical (unpaired) electrons. The SMILES string of the molecule is CNS(=O)(=O)c1cc(C(O)C(F)(F)F)c(N(Cc2ccco2)C(=O)OC(C)(C)C)cc1Cl. The Morgan fingerprint density at radius 2 is 1.94 bits per heavy atom. The summed E-state index contributed by atoms with van der Waals surface area (Å²) in [4.78, 5) is 13.0. The lowest BCUT2D eigenvalue weighted by atomic mass is 10.1. The molecule has 8 nitrogen and oxygen atoms in total. The Hall–Kier alpha value is -2.28. The molecule has 13 heteroatoms. The fraction of sp³-hybridized carbons (Fsp3) is 0.421. The van der Waals surface area contributed by atoms with E-state index in [0.29, 0.717) is 6.07 Å². The lowest BCUT2D eigenvalue weighted by Gasteiger charge is -2.30. The summed E-state index contributed by atoms with van der Waals surface area (Å²) in [5.74, 6) is 0.186. The van der Waals surface area contributed by atoms with E-state index >= 15 is 0 Å². The van der Waals surface area contributed by atoms with Crippen LogP contribution in [-0.4, -0.2) is 38.4 Å². The largest absolute Gasteiger partial charge is 0.467 e. The Balaban J connectivity index is 2.77. The molecule has 1 aromatic carbocycles. The van der Waals surface area contributed by atoms with E-state index in [1.807, 2.05) is 4.72 Å². The molecule has 1 amide bonds. The zero-order chi connectivity index (χ0) is 24.5. The minimum absolute atomic E-state index is 0.186. The van der Waals surface area contributed by atoms with Crippen molar-refractivity contribution in [3.8, 4) is 0 Å². The first-order valence-electron chi connectivity index (χ1n) is 9.11. The van der Waals surface area contributed by atoms with E-state index in [9.17, 15) is 31.5 Å². The molecule has 1 atom stereocenters. The molecule has 0 aliphatic heterocycles. The maximum atomic E-state index is 13.4. The van der Waals surface area contributed by atoms with Gasteiger partial charge in [0.1, 0.15) is 16.3 Å². The summed E-state index contributed by atoms with van der Waals surface area (Å²) in [5.41, 5.74) is -2.42. The maximum absolute atomic E-state index is 13.4. The molecular formula is C19H22ClF3N2O6S. The number of furan rings is 1. The van der Waals surface area contributed by atoms with Crippen molar-refractivity contribution in [2.45, 2.75) is 50.1 Å². The number of rotatable bonds is 6. The number of halogens is 4. The molecule has 0 spiro atoms. The van der Waals surface area contributed by atoms with Crippen molar-refractivity contribution in [1.29, 1.82) is 0 Å². The number of ether oxygens (including phenoxy) is 1. The first-order valence-corrected chi connectivity index (χ1v) is 11.0. The van der Waals surface area contributed by atoms with Gasteiger partial charge in [-0.2, -0.15) is 13.2 Å². The predicted molar refractivity (Wildman–Crippen MR) is 110 cm³/mol. The van der Waals surface area contributed by atoms with Crippen LogP contribution in [0.4, 0.5) is 23.7 Å². The average molecular weight is 499 g/mol. The van der Waals surface area contributed by atoms with Crippen LogP contribution in [0.5, 0.6) is 0 Å². The number of aliphatic hydroxyl groups excluding tert-OH is 1. The number of benzene rings is 1. The third-order valence-electron chi connectivity index (χ3n) is 4.04. The van der Waals surface area contributed by atoms with Crippen molar-refractivity contribution in [1.82, 2.24) is 4.72 Å². The Morgan fingerprint density at radius 3 is 2.41 bits per heavy atom. The zero-order valence-corrected chi connectivity index (χ0v) is 19.1. The molecule has 2 rings (SSSR count). The fourth-order valence-corrected chi connectivity index (χ4v) is 3.91. The van der Waals surface area contributed by atoms with Gasteiger partial charge in [0.25, 0.3) is 0 Å². The van der Waals surface area contributed by atoms with Gasteiger partial charge in [-0.05, 0) is 52.1 Å². The van der Waals surface area contributed by atoms with E-state index in [1.54, 1.807) is 20.8 Å². The van der Waals surface area contributed by atoms with Crippen LogP contribution in [-0.2, 0) is 21.3 Å². The zero-order valence-electron chi connectivity index (χ0n) is 17.5. The molecule has 32 heavy (non-hydrogen) atoms. The van der Waals surface area contributed by atoms with E-state index in [1.165, 1.54) is 18.4 Å². The number of carbonyl (C=O) groups is 1. The molecule has 1 aromatic heterocycles. The van der Waals surface area contributed by atoms with Crippen molar-refractivity contribution >= 4 is 33.4 Å². The third kappa shape index (κ3) is 6.15. The quantitative estimate of drug-likeness (QED) is 0.612. The highest BCUT2D eigenvalue weighted by atomic mass is 35.5. The number of nitrogens with one attached hydrogen (secondary N) is 1. The van der Waals surface area contributed by atoms with Gasteiger partial charge in [-0.15, -0.1) is 0 Å². The average Bonchev–Trinajstić information content (AvgIpc) is 3.16. The molecule has 0 fully saturated rings. The summed E-state index contributed by atoms with van der Waals surface area (Å²) in [6.07, 6.45) is -8.07. The van der Waals surface area contributed by atoms with Gasteiger partial charge >= 0.3 is 12.3 Å². The third-order valence-corrected chi connectivity index (χ3v) is 5.92. The number of amides is 1. The number of sulfonamides is 1. The van der Waals surface area contributed by atoms with Crippen LogP contribution in [0.1, 0.15) is 38.2 Å². The number of nitrogens with zero attached hydrogens (tertiary/aromatic N) is 1. The van der Waals surface area contributed by atoms with Gasteiger partial charge in [0.2, 0.25) is 10.0 Å². The normalized spacial score (nSPS) is 13.7. The number of carbonyl (C=O) groups excluding carboxylic acids is 1. The standard InChI is InChI=1S/C19H22ClF3N2O6S/c1-18(2,3)31-17(27)25(10-11-6-5-7-30-11)14-9-13(20)15(32(28,29)24-4)8-12(14)16(26)19(21,22)23/h5-9,16,24,26H,10H2,1-4H3. The Labute approximate surface area is 188 Å². The van der Waals surface area contributed by atoms with Crippen molar-refractivity contribution in [3.05, 3.63) is 46.9 Å². The van der Waals surface area contributed by atoms with Crippen LogP contribution >= 0.6 is 11.6 Å². The van der Waals surface area contributed by atoms with Gasteiger partial charge in [-0.25, -0.2) is 17.9 Å². The van der Waals surface area contributed by atoms with Crippen LogP contribution in [0.25, 0.3) is 0 Å². The lowest BCUT2D eigenvalue weighted by molar-refractivity contribution is -0.206. The highest BCUT2D eigenvalue weighted by Crippen LogP contribution is 2.41. The molecular weight excluding hydrogens is 477 g/mol. The van der Waals surface area contributed by atoms with Crippen molar-refractivity contribution < 1.29 is 40.6 Å². The van der Waals surface area contributed by atoms with Crippen LogP contribution in [0, 0.1) is 0 Å². The summed E-state index contributed by atoms with van der Waals surface area (Å²) >= 11 is 6.06. The minimum Gasteiger partial charge on any atom is -0.467 e. The lowest BCUT2D eigenvalue weighted by Crippen LogP contribution is -2.38. The summed E-state index contributed by atoms with van der Waals surface area (Å²) < 4.78 is 77.2. The van der Waals surface area contributed by atoms with Crippen LogP contribution in [0.15, 0.2) is 39.8 Å². The summed E-state index contributed by atoms with van der Waals surface area (Å²) in [6, 6.07) is 4.40. The highest BCUT2D eigenvalue weighted by Gasteiger charge is 2.43. The van der Waals surface area contributed by atoms with Gasteiger partial charge in [-0.3, -0.25) is 4.90 Å². The van der Waals surface area contributed by atoms with Crippen molar-refractivity contribution in [3.63, 3.8) is 0 Å². The number of alkyl halides is 3. The van der Waals surface area contributed by atoms with Crippen LogP contribution in [0.3, 0.4) is 0 Å². The van der Waals surface area contributed by atoms with E-state index in [2.05, 4.69) is 0 Å². The number of anilines is 1. The Kier molecular flexibility index (Phi) is 7.55. The molecule has 1 unspecified atom stereocenters. The number of aliphatic hydroxyl groups is 1. The summed E-state index contributed by atoms with van der Waals surface area (Å²) in [7, 11) is -3.24. The molecule has 2 N–H and O–H groups in total. The topological polar surface area (TPSA) is 109 Å². The molecule has 0 saturated carbocycles. The molecule has 178 valence electrons. The maximum Gasteiger partial charge on any atom is 0.418 e. The van der Waals surface area contributed by atoms with Crippen molar-refractivity contribution in [2.75, 3.05) is 11.9 Å². The number of hydrogen-bond donors (Lipinski definition) is 2. The van der Waals surface area contributed by atoms with Crippen LogP contribution < -0.4 is 9.62 Å². The van der Waals surface area contributed by atoms with Gasteiger partial charge in [0, 0.05) is 5.56 Å². The summed E-state index contributed by atoms with van der Waals surface area (Å²) in [6.45, 7) is 4.28. The molecule has 2 aromatic rings. The second kappa shape index (κ2) is 9.30. The van der Waals surface area contributed by atoms with Gasteiger partial charge in [0.05, 0.1) is 23.5 Å². The first-order chi connectivity index (χ1) is 14.6. The second-order valence-electron chi connectivity index (χ2n) is 7.64. The van der Waals surface area contributed by atoms with Crippen molar-refractivity contribution in [2.24, 2.45) is 0 Å². The molecule has 0 aliphatic carbocycles. The smallest absolute Gasteiger partial charge is 0.418 e. The van der Waals surface area contributed by atoms with Crippen LogP contribution in [0.2, 0.25) is 5.02 Å². The molecule has 0 aliphatic rings. The van der Waals surface area contributed by atoms with E-state index in [0.717, 1.165) is 18.0 Å². The number of hydrogen-bond acceptors (Lipinski definition) is 6. The highest BCUT2D eigenvalue weighted by molar-refractivity contribution is 7.89.